The highest BCUT2D eigenvalue weighted by molar-refractivity contribution is 9.10. The molecule has 1 unspecified atom stereocenters. The van der Waals surface area contributed by atoms with Crippen LogP contribution in [0, 0.1) is 6.92 Å². The highest BCUT2D eigenvalue weighted by Crippen LogP contribution is 2.32. The zero-order chi connectivity index (χ0) is 15.4. The lowest BCUT2D eigenvalue weighted by Crippen LogP contribution is -2.18. The van der Waals surface area contributed by atoms with Crippen molar-refractivity contribution in [2.45, 2.75) is 19.9 Å². The quantitative estimate of drug-likeness (QED) is 0.725. The number of ether oxygens (including phenoxy) is 1. The van der Waals surface area contributed by atoms with Crippen LogP contribution in [0.1, 0.15) is 29.7 Å². The maximum absolute atomic E-state index is 5.54. The second-order valence-electron chi connectivity index (χ2n) is 4.90. The van der Waals surface area contributed by atoms with Gasteiger partial charge in [-0.05, 0) is 61.9 Å². The summed E-state index contributed by atoms with van der Waals surface area (Å²) in [6, 6.07) is 12.7. The Morgan fingerprint density at radius 2 is 1.90 bits per heavy atom. The lowest BCUT2D eigenvalue weighted by atomic mass is 9.97. The maximum atomic E-state index is 5.54. The molecular formula is C17H19Br2NO. The number of rotatable bonds is 5. The predicted molar refractivity (Wildman–Crippen MR) is 95.1 cm³/mol. The Morgan fingerprint density at radius 1 is 1.14 bits per heavy atom. The fourth-order valence-electron chi connectivity index (χ4n) is 2.43. The van der Waals surface area contributed by atoms with Crippen LogP contribution in [0.3, 0.4) is 0 Å². The van der Waals surface area contributed by atoms with Crippen LogP contribution in [-0.2, 0) is 0 Å². The van der Waals surface area contributed by atoms with Crippen molar-refractivity contribution in [3.05, 3.63) is 62.0 Å². The average Bonchev–Trinajstić information content (AvgIpc) is 2.41. The molecule has 2 rings (SSSR count). The summed E-state index contributed by atoms with van der Waals surface area (Å²) < 4.78 is 7.68. The smallest absolute Gasteiger partial charge is 0.120 e. The molecule has 112 valence electrons. The summed E-state index contributed by atoms with van der Waals surface area (Å²) in [5.41, 5.74) is 3.66. The Balaban J connectivity index is 2.41. The fourth-order valence-corrected chi connectivity index (χ4v) is 3.64. The largest absolute Gasteiger partial charge is 0.494 e. The highest BCUT2D eigenvalue weighted by atomic mass is 79.9. The molecule has 2 aromatic carbocycles. The first-order valence-corrected chi connectivity index (χ1v) is 8.50. The SMILES string of the molecule is CCOc1ccc(C(NC)c2cc(C)cc(Br)c2)c(Br)c1. The highest BCUT2D eigenvalue weighted by Gasteiger charge is 2.16. The number of aryl methyl sites for hydroxylation is 1. The molecule has 0 amide bonds. The first-order chi connectivity index (χ1) is 10.0. The number of hydrogen-bond donors (Lipinski definition) is 1. The Morgan fingerprint density at radius 3 is 2.48 bits per heavy atom. The molecule has 0 bridgehead atoms. The van der Waals surface area contributed by atoms with E-state index in [-0.39, 0.29) is 6.04 Å². The molecule has 1 N–H and O–H groups in total. The maximum Gasteiger partial charge on any atom is 0.120 e. The minimum Gasteiger partial charge on any atom is -0.494 e. The number of halogens is 2. The normalized spacial score (nSPS) is 12.2. The third-order valence-electron chi connectivity index (χ3n) is 3.28. The molecule has 1 atom stereocenters. The molecule has 2 aromatic rings. The van der Waals surface area contributed by atoms with Crippen molar-refractivity contribution in [1.29, 1.82) is 0 Å². The summed E-state index contributed by atoms with van der Waals surface area (Å²) in [6.07, 6.45) is 0. The van der Waals surface area contributed by atoms with Crippen molar-refractivity contribution in [3.8, 4) is 5.75 Å². The zero-order valence-corrected chi connectivity index (χ0v) is 15.6. The van der Waals surface area contributed by atoms with E-state index < -0.39 is 0 Å². The van der Waals surface area contributed by atoms with Crippen LogP contribution in [-0.4, -0.2) is 13.7 Å². The van der Waals surface area contributed by atoms with Crippen molar-refractivity contribution in [2.24, 2.45) is 0 Å². The summed E-state index contributed by atoms with van der Waals surface area (Å²) in [7, 11) is 1.98. The van der Waals surface area contributed by atoms with Crippen LogP contribution < -0.4 is 10.1 Å². The fraction of sp³-hybridized carbons (Fsp3) is 0.294. The van der Waals surface area contributed by atoms with Crippen molar-refractivity contribution in [3.63, 3.8) is 0 Å². The van der Waals surface area contributed by atoms with Gasteiger partial charge < -0.3 is 10.1 Å². The molecule has 0 aliphatic rings. The van der Waals surface area contributed by atoms with Crippen LogP contribution in [0.5, 0.6) is 5.75 Å². The van der Waals surface area contributed by atoms with E-state index in [0.29, 0.717) is 6.61 Å². The molecule has 0 saturated heterocycles. The molecule has 21 heavy (non-hydrogen) atoms. The van der Waals surface area contributed by atoms with Crippen LogP contribution >= 0.6 is 31.9 Å². The lowest BCUT2D eigenvalue weighted by molar-refractivity contribution is 0.340. The second kappa shape index (κ2) is 7.43. The standard InChI is InChI=1S/C17H19Br2NO/c1-4-21-14-5-6-15(16(19)10-14)17(20-3)12-7-11(2)8-13(18)9-12/h5-10,17,20H,4H2,1-3H3. The second-order valence-corrected chi connectivity index (χ2v) is 6.67. The van der Waals surface area contributed by atoms with E-state index in [1.165, 1.54) is 16.7 Å². The summed E-state index contributed by atoms with van der Waals surface area (Å²) in [4.78, 5) is 0. The first-order valence-electron chi connectivity index (χ1n) is 6.91. The van der Waals surface area contributed by atoms with Gasteiger partial charge in [-0.25, -0.2) is 0 Å². The van der Waals surface area contributed by atoms with Gasteiger partial charge in [0.05, 0.1) is 12.6 Å². The van der Waals surface area contributed by atoms with Gasteiger partial charge in [0.25, 0.3) is 0 Å². The average molecular weight is 413 g/mol. The number of hydrogen-bond acceptors (Lipinski definition) is 2. The molecule has 2 nitrogen and oxygen atoms in total. The van der Waals surface area contributed by atoms with E-state index >= 15 is 0 Å². The van der Waals surface area contributed by atoms with Gasteiger partial charge in [-0.1, -0.05) is 44.0 Å². The Bertz CT molecular complexity index is 608. The van der Waals surface area contributed by atoms with Crippen molar-refractivity contribution in [2.75, 3.05) is 13.7 Å². The third-order valence-corrected chi connectivity index (χ3v) is 4.42. The van der Waals surface area contributed by atoms with Gasteiger partial charge in [0.2, 0.25) is 0 Å². The summed E-state index contributed by atoms with van der Waals surface area (Å²) in [5, 5.41) is 3.39. The number of benzene rings is 2. The minimum atomic E-state index is 0.131. The van der Waals surface area contributed by atoms with Crippen molar-refractivity contribution in [1.82, 2.24) is 5.32 Å². The Labute approximate surface area is 143 Å². The molecule has 0 radical (unpaired) electrons. The van der Waals surface area contributed by atoms with E-state index in [1.807, 2.05) is 26.1 Å². The van der Waals surface area contributed by atoms with Gasteiger partial charge in [0, 0.05) is 8.95 Å². The molecule has 0 saturated carbocycles. The topological polar surface area (TPSA) is 21.3 Å². The van der Waals surface area contributed by atoms with Gasteiger partial charge in [0.15, 0.2) is 0 Å². The van der Waals surface area contributed by atoms with Crippen molar-refractivity contribution >= 4 is 31.9 Å². The van der Waals surface area contributed by atoms with Gasteiger partial charge in [-0.3, -0.25) is 0 Å². The lowest BCUT2D eigenvalue weighted by Gasteiger charge is -2.20. The molecular weight excluding hydrogens is 394 g/mol. The van der Waals surface area contributed by atoms with Crippen LogP contribution in [0.4, 0.5) is 0 Å². The molecule has 4 heteroatoms. The predicted octanol–water partition coefficient (Wildman–Crippen LogP) is 5.23. The minimum absolute atomic E-state index is 0.131. The van der Waals surface area contributed by atoms with E-state index in [1.54, 1.807) is 0 Å². The molecule has 0 aromatic heterocycles. The van der Waals surface area contributed by atoms with Crippen LogP contribution in [0.15, 0.2) is 45.3 Å². The van der Waals surface area contributed by atoms with E-state index in [9.17, 15) is 0 Å². The zero-order valence-electron chi connectivity index (χ0n) is 12.4. The van der Waals surface area contributed by atoms with Crippen LogP contribution in [0.2, 0.25) is 0 Å². The molecule has 0 spiro atoms. The summed E-state index contributed by atoms with van der Waals surface area (Å²) in [5.74, 6) is 0.883. The van der Waals surface area contributed by atoms with Gasteiger partial charge in [-0.2, -0.15) is 0 Å². The third kappa shape index (κ3) is 4.09. The molecule has 0 aliphatic carbocycles. The van der Waals surface area contributed by atoms with Gasteiger partial charge in [0.1, 0.15) is 5.75 Å². The first kappa shape index (κ1) is 16.5. The van der Waals surface area contributed by atoms with E-state index in [2.05, 4.69) is 68.4 Å². The van der Waals surface area contributed by atoms with E-state index in [4.69, 9.17) is 4.74 Å². The molecule has 0 heterocycles. The molecule has 0 fully saturated rings. The molecule has 0 aliphatic heterocycles. The Kier molecular flexibility index (Phi) is 5.85. The van der Waals surface area contributed by atoms with E-state index in [0.717, 1.165) is 14.7 Å². The number of nitrogens with one attached hydrogen (secondary N) is 1. The van der Waals surface area contributed by atoms with Gasteiger partial charge >= 0.3 is 0 Å². The van der Waals surface area contributed by atoms with Gasteiger partial charge in [-0.15, -0.1) is 0 Å². The Hall–Kier alpha value is -0.840. The summed E-state index contributed by atoms with van der Waals surface area (Å²) >= 11 is 7.24. The monoisotopic (exact) mass is 411 g/mol. The van der Waals surface area contributed by atoms with Crippen molar-refractivity contribution < 1.29 is 4.74 Å². The van der Waals surface area contributed by atoms with Crippen LogP contribution in [0.25, 0.3) is 0 Å². The summed E-state index contributed by atoms with van der Waals surface area (Å²) in [6.45, 7) is 4.77.